The zero-order chi connectivity index (χ0) is 17.5. The van der Waals surface area contributed by atoms with Crippen molar-refractivity contribution in [1.29, 1.82) is 0 Å². The Morgan fingerprint density at radius 1 is 1.04 bits per heavy atom. The van der Waals surface area contributed by atoms with Crippen molar-refractivity contribution in [3.8, 4) is 11.5 Å². The van der Waals surface area contributed by atoms with E-state index in [0.717, 1.165) is 42.0 Å². The summed E-state index contributed by atoms with van der Waals surface area (Å²) in [5.74, 6) is 4.32. The third kappa shape index (κ3) is 4.98. The molecule has 6 nitrogen and oxygen atoms in total. The zero-order valence-electron chi connectivity index (χ0n) is 15.0. The largest absolute Gasteiger partial charge is 0.497 e. The molecule has 1 saturated heterocycles. The van der Waals surface area contributed by atoms with Crippen LogP contribution >= 0.6 is 0 Å². The Morgan fingerprint density at radius 3 is 2.48 bits per heavy atom. The van der Waals surface area contributed by atoms with E-state index in [1.165, 1.54) is 19.3 Å². The zero-order valence-corrected chi connectivity index (χ0v) is 15.0. The van der Waals surface area contributed by atoms with Crippen LogP contribution < -0.4 is 19.7 Å². The van der Waals surface area contributed by atoms with Crippen molar-refractivity contribution < 1.29 is 9.47 Å². The van der Waals surface area contributed by atoms with Gasteiger partial charge in [0.25, 0.3) is 0 Å². The average Bonchev–Trinajstić information content (AvgIpc) is 2.66. The second kappa shape index (κ2) is 8.55. The second-order valence-electron chi connectivity index (χ2n) is 6.16. The Labute approximate surface area is 149 Å². The van der Waals surface area contributed by atoms with Crippen molar-refractivity contribution in [2.45, 2.75) is 26.2 Å². The Morgan fingerprint density at radius 2 is 1.76 bits per heavy atom. The van der Waals surface area contributed by atoms with Crippen molar-refractivity contribution >= 4 is 11.6 Å². The molecule has 2 heterocycles. The van der Waals surface area contributed by atoms with Crippen LogP contribution in [0.3, 0.4) is 0 Å². The number of hydrogen-bond acceptors (Lipinski definition) is 6. The van der Waals surface area contributed by atoms with E-state index in [1.807, 2.05) is 37.3 Å². The monoisotopic (exact) mass is 342 g/mol. The summed E-state index contributed by atoms with van der Waals surface area (Å²) in [6.07, 6.45) is 3.79. The van der Waals surface area contributed by atoms with E-state index >= 15 is 0 Å². The molecule has 1 aromatic heterocycles. The van der Waals surface area contributed by atoms with Gasteiger partial charge in [-0.3, -0.25) is 0 Å². The minimum atomic E-state index is 0.564. The Balaban J connectivity index is 1.51. The number of piperidine rings is 1. The second-order valence-corrected chi connectivity index (χ2v) is 6.16. The molecule has 0 spiro atoms. The molecule has 0 radical (unpaired) electrons. The molecule has 2 aromatic rings. The quantitative estimate of drug-likeness (QED) is 0.779. The fourth-order valence-electron chi connectivity index (χ4n) is 2.95. The summed E-state index contributed by atoms with van der Waals surface area (Å²) in [6.45, 7) is 5.34. The van der Waals surface area contributed by atoms with Gasteiger partial charge in [0.15, 0.2) is 0 Å². The van der Waals surface area contributed by atoms with Crippen LogP contribution in [0.1, 0.15) is 25.1 Å². The summed E-state index contributed by atoms with van der Waals surface area (Å²) >= 11 is 0. The van der Waals surface area contributed by atoms with Gasteiger partial charge in [-0.2, -0.15) is 0 Å². The van der Waals surface area contributed by atoms with E-state index in [0.29, 0.717) is 13.2 Å². The lowest BCUT2D eigenvalue weighted by molar-refractivity contribution is 0.331. The van der Waals surface area contributed by atoms with Gasteiger partial charge in [-0.15, -0.1) is 0 Å². The maximum Gasteiger partial charge on any atom is 0.134 e. The number of anilines is 2. The molecule has 0 aliphatic carbocycles. The topological polar surface area (TPSA) is 59.5 Å². The fraction of sp³-hybridized carbons (Fsp3) is 0.474. The number of nitrogens with zero attached hydrogens (tertiary/aromatic N) is 3. The van der Waals surface area contributed by atoms with Crippen molar-refractivity contribution in [1.82, 2.24) is 9.97 Å². The normalized spacial score (nSPS) is 14.2. The number of rotatable bonds is 7. The number of nitrogens with one attached hydrogen (secondary N) is 1. The van der Waals surface area contributed by atoms with Crippen LogP contribution in [0.15, 0.2) is 30.3 Å². The highest BCUT2D eigenvalue weighted by Gasteiger charge is 2.13. The number of methoxy groups -OCH3 is 1. The molecule has 0 amide bonds. The summed E-state index contributed by atoms with van der Waals surface area (Å²) < 4.78 is 10.9. The molecule has 1 aliphatic rings. The molecule has 1 aromatic carbocycles. The molecular formula is C19H26N4O2. The lowest BCUT2D eigenvalue weighted by Gasteiger charge is -2.28. The lowest BCUT2D eigenvalue weighted by Crippen LogP contribution is -2.30. The first-order valence-corrected chi connectivity index (χ1v) is 8.86. The van der Waals surface area contributed by atoms with Crippen molar-refractivity contribution in [3.63, 3.8) is 0 Å². The molecule has 1 aliphatic heterocycles. The van der Waals surface area contributed by atoms with Crippen LogP contribution in [0, 0.1) is 6.92 Å². The van der Waals surface area contributed by atoms with E-state index in [9.17, 15) is 0 Å². The smallest absolute Gasteiger partial charge is 0.134 e. The van der Waals surface area contributed by atoms with Crippen LogP contribution in [0.25, 0.3) is 0 Å². The first kappa shape index (κ1) is 17.3. The van der Waals surface area contributed by atoms with Gasteiger partial charge in [0.2, 0.25) is 0 Å². The summed E-state index contributed by atoms with van der Waals surface area (Å²) in [6, 6.07) is 9.62. The molecule has 3 rings (SSSR count). The molecule has 6 heteroatoms. The Hall–Kier alpha value is -2.50. The van der Waals surface area contributed by atoms with Crippen LogP contribution in [-0.2, 0) is 0 Å². The molecule has 1 N–H and O–H groups in total. The first-order valence-electron chi connectivity index (χ1n) is 8.86. The van der Waals surface area contributed by atoms with Crippen molar-refractivity contribution in [3.05, 3.63) is 36.2 Å². The van der Waals surface area contributed by atoms with Crippen molar-refractivity contribution in [2.75, 3.05) is 43.6 Å². The molecule has 25 heavy (non-hydrogen) atoms. The standard InChI is InChI=1S/C19H26N4O2/c1-15-21-18(14-19(22-15)23-11-4-3-5-12-23)20-10-13-25-17-8-6-16(24-2)7-9-17/h6-9,14H,3-5,10-13H2,1-2H3,(H,20,21,22). The van der Waals surface area contributed by atoms with Gasteiger partial charge in [0, 0.05) is 19.2 Å². The SMILES string of the molecule is COc1ccc(OCCNc2cc(N3CCCCC3)nc(C)n2)cc1. The van der Waals surface area contributed by atoms with Crippen LogP contribution in [0.2, 0.25) is 0 Å². The summed E-state index contributed by atoms with van der Waals surface area (Å²) in [4.78, 5) is 11.4. The summed E-state index contributed by atoms with van der Waals surface area (Å²) in [7, 11) is 1.65. The number of benzene rings is 1. The highest BCUT2D eigenvalue weighted by molar-refractivity contribution is 5.49. The molecule has 0 atom stereocenters. The maximum absolute atomic E-state index is 5.73. The van der Waals surface area contributed by atoms with Crippen LogP contribution in [0.4, 0.5) is 11.6 Å². The van der Waals surface area contributed by atoms with Gasteiger partial charge < -0.3 is 19.7 Å². The van der Waals surface area contributed by atoms with E-state index in [2.05, 4.69) is 20.2 Å². The first-order chi connectivity index (χ1) is 12.2. The van der Waals surface area contributed by atoms with E-state index in [4.69, 9.17) is 9.47 Å². The predicted molar refractivity (Wildman–Crippen MR) is 99.8 cm³/mol. The molecule has 0 saturated carbocycles. The third-order valence-electron chi connectivity index (χ3n) is 4.24. The van der Waals surface area contributed by atoms with Crippen molar-refractivity contribution in [2.24, 2.45) is 0 Å². The number of hydrogen-bond donors (Lipinski definition) is 1. The Bertz CT molecular complexity index is 670. The predicted octanol–water partition coefficient (Wildman–Crippen LogP) is 3.27. The Kier molecular flexibility index (Phi) is 5.93. The van der Waals surface area contributed by atoms with Gasteiger partial charge in [-0.25, -0.2) is 9.97 Å². The van der Waals surface area contributed by atoms with E-state index in [1.54, 1.807) is 7.11 Å². The van der Waals surface area contributed by atoms with E-state index < -0.39 is 0 Å². The van der Waals surface area contributed by atoms with Gasteiger partial charge >= 0.3 is 0 Å². The molecule has 0 bridgehead atoms. The van der Waals surface area contributed by atoms with Gasteiger partial charge in [-0.05, 0) is 50.5 Å². The lowest BCUT2D eigenvalue weighted by atomic mass is 10.1. The number of aromatic nitrogens is 2. The van der Waals surface area contributed by atoms with Crippen LogP contribution in [-0.4, -0.2) is 43.3 Å². The van der Waals surface area contributed by atoms with Gasteiger partial charge in [-0.1, -0.05) is 0 Å². The summed E-state index contributed by atoms with van der Waals surface area (Å²) in [5, 5.41) is 3.33. The summed E-state index contributed by atoms with van der Waals surface area (Å²) in [5.41, 5.74) is 0. The minimum absolute atomic E-state index is 0.564. The van der Waals surface area contributed by atoms with Crippen LogP contribution in [0.5, 0.6) is 11.5 Å². The number of ether oxygens (including phenoxy) is 2. The third-order valence-corrected chi connectivity index (χ3v) is 4.24. The molecule has 134 valence electrons. The van der Waals surface area contributed by atoms with Gasteiger partial charge in [0.1, 0.15) is 35.6 Å². The highest BCUT2D eigenvalue weighted by Crippen LogP contribution is 2.20. The maximum atomic E-state index is 5.73. The molecule has 0 unspecified atom stereocenters. The minimum Gasteiger partial charge on any atom is -0.497 e. The van der Waals surface area contributed by atoms with Gasteiger partial charge in [0.05, 0.1) is 13.7 Å². The highest BCUT2D eigenvalue weighted by atomic mass is 16.5. The average molecular weight is 342 g/mol. The molecular weight excluding hydrogens is 316 g/mol. The van der Waals surface area contributed by atoms with E-state index in [-0.39, 0.29) is 0 Å². The number of aryl methyl sites for hydroxylation is 1. The molecule has 1 fully saturated rings. The fourth-order valence-corrected chi connectivity index (χ4v) is 2.95.